The van der Waals surface area contributed by atoms with Gasteiger partial charge in [0.05, 0.1) is 23.6 Å². The van der Waals surface area contributed by atoms with Crippen molar-refractivity contribution in [3.05, 3.63) is 18.1 Å². The highest BCUT2D eigenvalue weighted by atomic mass is 32.2. The van der Waals surface area contributed by atoms with Crippen LogP contribution in [0.15, 0.2) is 21.9 Å². The van der Waals surface area contributed by atoms with E-state index >= 15 is 0 Å². The fraction of sp³-hybridized carbons (Fsp3) is 0.500. The van der Waals surface area contributed by atoms with E-state index in [2.05, 4.69) is 21.6 Å². The van der Waals surface area contributed by atoms with Crippen molar-refractivity contribution in [2.75, 3.05) is 5.75 Å². The van der Waals surface area contributed by atoms with E-state index in [9.17, 15) is 10.1 Å². The van der Waals surface area contributed by atoms with Gasteiger partial charge in [-0.05, 0) is 38.7 Å². The first-order valence-electron chi connectivity index (χ1n) is 7.83. The minimum atomic E-state index is -0.684. The third kappa shape index (κ3) is 3.17. The van der Waals surface area contributed by atoms with E-state index in [-0.39, 0.29) is 11.7 Å². The van der Waals surface area contributed by atoms with Crippen LogP contribution in [0.4, 0.5) is 0 Å². The maximum absolute atomic E-state index is 12.2. The SMILES string of the molecule is Cc1occc1-c1nnc(SCC(=O)NC2(C#N)CCCC2)n1C. The average Bonchev–Trinajstić information content (AvgIpc) is 3.27. The summed E-state index contributed by atoms with van der Waals surface area (Å²) in [6.45, 7) is 1.87. The highest BCUT2D eigenvalue weighted by Gasteiger charge is 2.35. The number of aromatic nitrogens is 3. The Morgan fingerprint density at radius 1 is 1.50 bits per heavy atom. The second kappa shape index (κ2) is 6.69. The molecule has 0 aliphatic heterocycles. The lowest BCUT2D eigenvalue weighted by molar-refractivity contribution is -0.119. The number of aryl methyl sites for hydroxylation is 1. The zero-order chi connectivity index (χ0) is 17.2. The molecule has 0 spiro atoms. The molecule has 1 N–H and O–H groups in total. The van der Waals surface area contributed by atoms with Crippen molar-refractivity contribution >= 4 is 17.7 Å². The summed E-state index contributed by atoms with van der Waals surface area (Å²) >= 11 is 1.31. The Kier molecular flexibility index (Phi) is 4.62. The molecular formula is C16H19N5O2S. The summed E-state index contributed by atoms with van der Waals surface area (Å²) in [5.41, 5.74) is 0.201. The molecule has 0 radical (unpaired) electrons. The summed E-state index contributed by atoms with van der Waals surface area (Å²) < 4.78 is 7.14. The van der Waals surface area contributed by atoms with E-state index in [1.807, 2.05) is 24.6 Å². The van der Waals surface area contributed by atoms with Crippen LogP contribution in [0.25, 0.3) is 11.4 Å². The van der Waals surface area contributed by atoms with Gasteiger partial charge in [0.2, 0.25) is 5.91 Å². The maximum Gasteiger partial charge on any atom is 0.231 e. The molecule has 7 nitrogen and oxygen atoms in total. The van der Waals surface area contributed by atoms with Gasteiger partial charge in [0.15, 0.2) is 11.0 Å². The average molecular weight is 345 g/mol. The van der Waals surface area contributed by atoms with Crippen molar-refractivity contribution in [2.45, 2.75) is 43.3 Å². The van der Waals surface area contributed by atoms with Crippen molar-refractivity contribution in [2.24, 2.45) is 7.05 Å². The standard InChI is InChI=1S/C16H19N5O2S/c1-11-12(5-8-23-11)14-19-20-15(21(14)2)24-9-13(22)18-16(10-17)6-3-4-7-16/h5,8H,3-4,6-7,9H2,1-2H3,(H,18,22). The highest BCUT2D eigenvalue weighted by molar-refractivity contribution is 7.99. The molecule has 2 aromatic heterocycles. The van der Waals surface area contributed by atoms with Gasteiger partial charge in [0, 0.05) is 7.05 Å². The molecule has 1 aliphatic rings. The van der Waals surface area contributed by atoms with Crippen molar-refractivity contribution < 1.29 is 9.21 Å². The number of hydrogen-bond acceptors (Lipinski definition) is 6. The fourth-order valence-corrected chi connectivity index (χ4v) is 3.68. The Balaban J connectivity index is 1.63. The van der Waals surface area contributed by atoms with Gasteiger partial charge in [-0.15, -0.1) is 10.2 Å². The summed E-state index contributed by atoms with van der Waals surface area (Å²) in [7, 11) is 1.86. The van der Waals surface area contributed by atoms with Gasteiger partial charge in [-0.3, -0.25) is 4.79 Å². The largest absolute Gasteiger partial charge is 0.469 e. The lowest BCUT2D eigenvalue weighted by atomic mass is 10.0. The van der Waals surface area contributed by atoms with Crippen LogP contribution in [-0.4, -0.2) is 32.0 Å². The molecule has 8 heteroatoms. The lowest BCUT2D eigenvalue weighted by Crippen LogP contribution is -2.45. The summed E-state index contributed by atoms with van der Waals surface area (Å²) in [5, 5.41) is 21.2. The molecule has 2 aromatic rings. The van der Waals surface area contributed by atoms with E-state index in [0.717, 1.165) is 37.0 Å². The molecule has 0 atom stereocenters. The van der Waals surface area contributed by atoms with Crippen LogP contribution in [0.5, 0.6) is 0 Å². The number of furan rings is 1. The molecule has 1 fully saturated rings. The number of thioether (sulfide) groups is 1. The number of carbonyl (C=O) groups is 1. The third-order valence-electron chi connectivity index (χ3n) is 4.32. The first-order chi connectivity index (χ1) is 11.5. The monoisotopic (exact) mass is 345 g/mol. The molecule has 3 rings (SSSR count). The van der Waals surface area contributed by atoms with Crippen molar-refractivity contribution in [3.63, 3.8) is 0 Å². The van der Waals surface area contributed by atoms with E-state index < -0.39 is 5.54 Å². The fourth-order valence-electron chi connectivity index (χ4n) is 2.97. The van der Waals surface area contributed by atoms with Gasteiger partial charge in [-0.25, -0.2) is 0 Å². The summed E-state index contributed by atoms with van der Waals surface area (Å²) in [6, 6.07) is 4.11. The molecule has 0 unspecified atom stereocenters. The second-order valence-corrected chi connectivity index (χ2v) is 6.94. The molecule has 0 saturated heterocycles. The Bertz CT molecular complexity index is 783. The maximum atomic E-state index is 12.2. The molecule has 0 aromatic carbocycles. The number of nitrogens with zero attached hydrogens (tertiary/aromatic N) is 4. The van der Waals surface area contributed by atoms with Crippen molar-refractivity contribution in [1.82, 2.24) is 20.1 Å². The molecule has 1 aliphatic carbocycles. The van der Waals surface area contributed by atoms with E-state index in [1.54, 1.807) is 6.26 Å². The predicted octanol–water partition coefficient (Wildman–Crippen LogP) is 2.43. The van der Waals surface area contributed by atoms with Gasteiger partial charge in [0.25, 0.3) is 0 Å². The second-order valence-electron chi connectivity index (χ2n) is 5.99. The minimum absolute atomic E-state index is 0.146. The van der Waals surface area contributed by atoms with Gasteiger partial charge < -0.3 is 14.3 Å². The van der Waals surface area contributed by atoms with E-state index in [1.165, 1.54) is 11.8 Å². The number of hydrogen-bond donors (Lipinski definition) is 1. The molecule has 24 heavy (non-hydrogen) atoms. The van der Waals surface area contributed by atoms with E-state index in [4.69, 9.17) is 4.42 Å². The van der Waals surface area contributed by atoms with Gasteiger partial charge in [0.1, 0.15) is 11.3 Å². The first-order valence-corrected chi connectivity index (χ1v) is 8.82. The van der Waals surface area contributed by atoms with Crippen LogP contribution >= 0.6 is 11.8 Å². The predicted molar refractivity (Wildman–Crippen MR) is 89.1 cm³/mol. The van der Waals surface area contributed by atoms with Crippen LogP contribution in [-0.2, 0) is 11.8 Å². The van der Waals surface area contributed by atoms with E-state index in [0.29, 0.717) is 11.0 Å². The Labute approximate surface area is 144 Å². The lowest BCUT2D eigenvalue weighted by Gasteiger charge is -2.21. The number of amides is 1. The molecule has 126 valence electrons. The molecule has 0 bridgehead atoms. The minimum Gasteiger partial charge on any atom is -0.469 e. The smallest absolute Gasteiger partial charge is 0.231 e. The van der Waals surface area contributed by atoms with Crippen LogP contribution in [0.2, 0.25) is 0 Å². The van der Waals surface area contributed by atoms with Crippen LogP contribution in [0, 0.1) is 18.3 Å². The summed E-state index contributed by atoms with van der Waals surface area (Å²) in [6.07, 6.45) is 5.04. The molecule has 1 saturated carbocycles. The number of rotatable bonds is 5. The van der Waals surface area contributed by atoms with Gasteiger partial charge >= 0.3 is 0 Å². The van der Waals surface area contributed by atoms with Crippen molar-refractivity contribution in [1.29, 1.82) is 5.26 Å². The first kappa shape index (κ1) is 16.6. The van der Waals surface area contributed by atoms with Crippen LogP contribution in [0.1, 0.15) is 31.4 Å². The Morgan fingerprint density at radius 2 is 2.25 bits per heavy atom. The Morgan fingerprint density at radius 3 is 2.88 bits per heavy atom. The topological polar surface area (TPSA) is 96.7 Å². The summed E-state index contributed by atoms with van der Waals surface area (Å²) in [4.78, 5) is 12.2. The molecular weight excluding hydrogens is 326 g/mol. The third-order valence-corrected chi connectivity index (χ3v) is 5.34. The zero-order valence-corrected chi connectivity index (χ0v) is 14.5. The van der Waals surface area contributed by atoms with Gasteiger partial charge in [-0.1, -0.05) is 11.8 Å². The van der Waals surface area contributed by atoms with Crippen molar-refractivity contribution in [3.8, 4) is 17.5 Å². The van der Waals surface area contributed by atoms with Gasteiger partial charge in [-0.2, -0.15) is 5.26 Å². The summed E-state index contributed by atoms with van der Waals surface area (Å²) in [5.74, 6) is 1.54. The highest BCUT2D eigenvalue weighted by Crippen LogP contribution is 2.29. The number of nitrogens with one attached hydrogen (secondary N) is 1. The number of nitriles is 1. The van der Waals surface area contributed by atoms with Crippen LogP contribution in [0.3, 0.4) is 0 Å². The molecule has 2 heterocycles. The normalized spacial score (nSPS) is 16.0. The van der Waals surface area contributed by atoms with Crippen LogP contribution < -0.4 is 5.32 Å². The molecule has 1 amide bonds. The quantitative estimate of drug-likeness (QED) is 0.836. The Hall–Kier alpha value is -2.27. The zero-order valence-electron chi connectivity index (χ0n) is 13.7. The number of carbonyl (C=O) groups excluding carboxylic acids is 1.